The first-order valence-electron chi connectivity index (χ1n) is 5.45. The number of carbonyl (C=O) groups is 1. The Bertz CT molecular complexity index is 558. The van der Waals surface area contributed by atoms with Crippen LogP contribution in [-0.4, -0.2) is 15.5 Å². The van der Waals surface area contributed by atoms with Gasteiger partial charge in [0.15, 0.2) is 0 Å². The Morgan fingerprint density at radius 3 is 2.76 bits per heavy atom. The maximum Gasteiger partial charge on any atom is 0.248 e. The molecule has 1 aromatic carbocycles. The Labute approximate surface area is 100 Å². The van der Waals surface area contributed by atoms with Crippen LogP contribution in [0, 0.1) is 13.8 Å². The van der Waals surface area contributed by atoms with Gasteiger partial charge in [0.05, 0.1) is 12.0 Å². The summed E-state index contributed by atoms with van der Waals surface area (Å²) in [7, 11) is 0. The zero-order valence-electron chi connectivity index (χ0n) is 9.97. The monoisotopic (exact) mass is 229 g/mol. The molecule has 0 atom stereocenters. The van der Waals surface area contributed by atoms with Gasteiger partial charge < -0.3 is 10.3 Å². The van der Waals surface area contributed by atoms with Crippen LogP contribution < -0.4 is 5.73 Å². The first kappa shape index (κ1) is 11.4. The van der Waals surface area contributed by atoms with Gasteiger partial charge in [0.2, 0.25) is 5.91 Å². The smallest absolute Gasteiger partial charge is 0.248 e. The summed E-state index contributed by atoms with van der Waals surface area (Å²) in [6.07, 6.45) is 1.81. The molecule has 4 nitrogen and oxygen atoms in total. The molecule has 0 aliphatic carbocycles. The molecule has 1 heterocycles. The second-order valence-corrected chi connectivity index (χ2v) is 4.11. The Balaban J connectivity index is 2.27. The van der Waals surface area contributed by atoms with E-state index in [2.05, 4.69) is 9.55 Å². The molecule has 0 spiro atoms. The van der Waals surface area contributed by atoms with Gasteiger partial charge in [-0.2, -0.15) is 0 Å². The van der Waals surface area contributed by atoms with E-state index in [-0.39, 0.29) is 0 Å². The number of imidazole rings is 1. The number of hydrogen-bond acceptors (Lipinski definition) is 2. The summed E-state index contributed by atoms with van der Waals surface area (Å²) in [5.74, 6) is -0.398. The minimum atomic E-state index is -0.398. The fourth-order valence-electron chi connectivity index (χ4n) is 1.72. The van der Waals surface area contributed by atoms with Gasteiger partial charge in [0.25, 0.3) is 0 Å². The van der Waals surface area contributed by atoms with Crippen LogP contribution in [0.5, 0.6) is 0 Å². The maximum atomic E-state index is 11.1. The predicted octanol–water partition coefficient (Wildman–Crippen LogP) is 1.65. The van der Waals surface area contributed by atoms with Gasteiger partial charge in [-0.15, -0.1) is 0 Å². The van der Waals surface area contributed by atoms with Crippen LogP contribution in [0.3, 0.4) is 0 Å². The van der Waals surface area contributed by atoms with Crippen molar-refractivity contribution in [1.29, 1.82) is 0 Å². The number of benzene rings is 1. The second-order valence-electron chi connectivity index (χ2n) is 4.11. The number of hydrogen-bond donors (Lipinski definition) is 1. The number of aromatic nitrogens is 2. The summed E-state index contributed by atoms with van der Waals surface area (Å²) in [6.45, 7) is 4.71. The molecule has 0 fully saturated rings. The summed E-state index contributed by atoms with van der Waals surface area (Å²) in [5, 5.41) is 0. The SMILES string of the molecule is Cc1ncn(Cc2cccc(C(N)=O)c2)c1C. The van der Waals surface area contributed by atoms with Gasteiger partial charge in [-0.1, -0.05) is 12.1 Å². The van der Waals surface area contributed by atoms with Crippen molar-refractivity contribution in [2.24, 2.45) is 5.73 Å². The van der Waals surface area contributed by atoms with Crippen molar-refractivity contribution >= 4 is 5.91 Å². The van der Waals surface area contributed by atoms with Crippen LogP contribution in [0.4, 0.5) is 0 Å². The number of rotatable bonds is 3. The van der Waals surface area contributed by atoms with E-state index in [9.17, 15) is 4.79 Å². The van der Waals surface area contributed by atoms with Crippen LogP contribution in [0.1, 0.15) is 27.3 Å². The highest BCUT2D eigenvalue weighted by Gasteiger charge is 2.05. The molecule has 1 aromatic heterocycles. The summed E-state index contributed by atoms with van der Waals surface area (Å²) < 4.78 is 2.05. The fourth-order valence-corrected chi connectivity index (χ4v) is 1.72. The molecule has 0 aliphatic heterocycles. The lowest BCUT2D eigenvalue weighted by atomic mass is 10.1. The van der Waals surface area contributed by atoms with Crippen molar-refractivity contribution < 1.29 is 4.79 Å². The number of nitrogens with zero attached hydrogens (tertiary/aromatic N) is 2. The van der Waals surface area contributed by atoms with Gasteiger partial charge in [-0.05, 0) is 31.5 Å². The minimum absolute atomic E-state index is 0.398. The summed E-state index contributed by atoms with van der Waals surface area (Å²) in [4.78, 5) is 15.3. The lowest BCUT2D eigenvalue weighted by Crippen LogP contribution is -2.11. The number of primary amides is 1. The second kappa shape index (κ2) is 4.41. The van der Waals surface area contributed by atoms with E-state index in [1.54, 1.807) is 6.07 Å². The third-order valence-electron chi connectivity index (χ3n) is 2.91. The zero-order chi connectivity index (χ0) is 12.4. The third kappa shape index (κ3) is 2.36. The lowest BCUT2D eigenvalue weighted by molar-refractivity contribution is 0.1000. The molecule has 17 heavy (non-hydrogen) atoms. The van der Waals surface area contributed by atoms with Gasteiger partial charge in [-0.25, -0.2) is 4.98 Å². The topological polar surface area (TPSA) is 60.9 Å². The van der Waals surface area contributed by atoms with Crippen LogP contribution in [0.2, 0.25) is 0 Å². The van der Waals surface area contributed by atoms with Gasteiger partial charge >= 0.3 is 0 Å². The largest absolute Gasteiger partial charge is 0.366 e. The molecule has 4 heteroatoms. The van der Waals surface area contributed by atoms with E-state index in [1.165, 1.54) is 0 Å². The van der Waals surface area contributed by atoms with Crippen molar-refractivity contribution in [2.45, 2.75) is 20.4 Å². The van der Waals surface area contributed by atoms with Crippen molar-refractivity contribution in [3.05, 3.63) is 53.1 Å². The number of aryl methyl sites for hydroxylation is 1. The summed E-state index contributed by atoms with van der Waals surface area (Å²) in [5.41, 5.74) is 8.99. The highest BCUT2D eigenvalue weighted by molar-refractivity contribution is 5.92. The standard InChI is InChI=1S/C13H15N3O/c1-9-10(2)16(8-15-9)7-11-4-3-5-12(6-11)13(14)17/h3-6,8H,7H2,1-2H3,(H2,14,17). The van der Waals surface area contributed by atoms with Crippen LogP contribution >= 0.6 is 0 Å². The molecule has 2 aromatic rings. The molecular formula is C13H15N3O. The van der Waals surface area contributed by atoms with Gasteiger partial charge in [-0.3, -0.25) is 4.79 Å². The highest BCUT2D eigenvalue weighted by Crippen LogP contribution is 2.10. The average molecular weight is 229 g/mol. The van der Waals surface area contributed by atoms with E-state index < -0.39 is 5.91 Å². The summed E-state index contributed by atoms with van der Waals surface area (Å²) >= 11 is 0. The van der Waals surface area contributed by atoms with Crippen LogP contribution in [0.25, 0.3) is 0 Å². The Hall–Kier alpha value is -2.10. The Kier molecular flexibility index (Phi) is 2.95. The van der Waals surface area contributed by atoms with Crippen LogP contribution in [0.15, 0.2) is 30.6 Å². The number of amides is 1. The molecule has 0 bridgehead atoms. The molecule has 2 N–H and O–H groups in total. The highest BCUT2D eigenvalue weighted by atomic mass is 16.1. The first-order chi connectivity index (χ1) is 8.08. The predicted molar refractivity (Wildman–Crippen MR) is 65.8 cm³/mol. The van der Waals surface area contributed by atoms with E-state index in [0.717, 1.165) is 17.0 Å². The maximum absolute atomic E-state index is 11.1. The molecule has 0 radical (unpaired) electrons. The van der Waals surface area contributed by atoms with Gasteiger partial charge in [0, 0.05) is 17.8 Å². The molecule has 0 unspecified atom stereocenters. The fraction of sp³-hybridized carbons (Fsp3) is 0.231. The lowest BCUT2D eigenvalue weighted by Gasteiger charge is -2.06. The molecule has 0 aliphatic rings. The van der Waals surface area contributed by atoms with E-state index in [1.807, 2.05) is 38.4 Å². The van der Waals surface area contributed by atoms with Crippen molar-refractivity contribution in [3.63, 3.8) is 0 Å². The van der Waals surface area contributed by atoms with E-state index in [0.29, 0.717) is 12.1 Å². The van der Waals surface area contributed by atoms with Gasteiger partial charge in [0.1, 0.15) is 0 Å². The van der Waals surface area contributed by atoms with Crippen molar-refractivity contribution in [2.75, 3.05) is 0 Å². The Morgan fingerprint density at radius 1 is 1.41 bits per heavy atom. The van der Waals surface area contributed by atoms with Crippen LogP contribution in [-0.2, 0) is 6.54 Å². The molecule has 0 saturated carbocycles. The molecule has 0 saturated heterocycles. The quantitative estimate of drug-likeness (QED) is 0.869. The molecule has 1 amide bonds. The first-order valence-corrected chi connectivity index (χ1v) is 5.45. The van der Waals surface area contributed by atoms with Crippen molar-refractivity contribution in [1.82, 2.24) is 9.55 Å². The molecule has 2 rings (SSSR count). The number of nitrogens with two attached hydrogens (primary N) is 1. The van der Waals surface area contributed by atoms with E-state index >= 15 is 0 Å². The van der Waals surface area contributed by atoms with E-state index in [4.69, 9.17) is 5.73 Å². The summed E-state index contributed by atoms with van der Waals surface area (Å²) in [6, 6.07) is 7.35. The number of carbonyl (C=O) groups excluding carboxylic acids is 1. The van der Waals surface area contributed by atoms with Crippen molar-refractivity contribution in [3.8, 4) is 0 Å². The normalized spacial score (nSPS) is 10.5. The zero-order valence-corrected chi connectivity index (χ0v) is 9.97. The molecule has 88 valence electrons. The third-order valence-corrected chi connectivity index (χ3v) is 2.91. The minimum Gasteiger partial charge on any atom is -0.366 e. The Morgan fingerprint density at radius 2 is 2.18 bits per heavy atom. The molecular weight excluding hydrogens is 214 g/mol. The average Bonchev–Trinajstić information content (AvgIpc) is 2.61.